The maximum Gasteiger partial charge on any atom is 0.155 e. The molecule has 3 heteroatoms. The van der Waals surface area contributed by atoms with Crippen molar-refractivity contribution in [1.82, 2.24) is 0 Å². The molecule has 25 heavy (non-hydrogen) atoms. The van der Waals surface area contributed by atoms with Crippen molar-refractivity contribution in [2.45, 2.75) is 77.0 Å². The summed E-state index contributed by atoms with van der Waals surface area (Å²) in [6.07, 6.45) is 9.43. The van der Waals surface area contributed by atoms with Gasteiger partial charge in [-0.3, -0.25) is 9.59 Å². The van der Waals surface area contributed by atoms with Gasteiger partial charge >= 0.3 is 0 Å². The van der Waals surface area contributed by atoms with E-state index < -0.39 is 0 Å². The Bertz CT molecular complexity index is 667. The molecule has 0 radical (unpaired) electrons. The molecule has 0 aliphatic heterocycles. The zero-order valence-electron chi connectivity index (χ0n) is 16.0. The first-order valence-corrected chi connectivity index (χ1v) is 10.9. The van der Waals surface area contributed by atoms with Crippen LogP contribution >= 0.6 is 15.9 Å². The first-order chi connectivity index (χ1) is 11.6. The first kappa shape index (κ1) is 17.9. The van der Waals surface area contributed by atoms with Gasteiger partial charge in [0.15, 0.2) is 5.78 Å². The minimum atomic E-state index is -0.321. The molecule has 0 heterocycles. The van der Waals surface area contributed by atoms with Crippen molar-refractivity contribution >= 4 is 27.5 Å². The molecule has 4 aliphatic carbocycles. The van der Waals surface area contributed by atoms with Crippen molar-refractivity contribution in [1.29, 1.82) is 0 Å². The van der Waals surface area contributed by atoms with Crippen LogP contribution in [0.15, 0.2) is 11.6 Å². The zero-order valence-corrected chi connectivity index (χ0v) is 17.6. The van der Waals surface area contributed by atoms with Crippen LogP contribution in [0.4, 0.5) is 0 Å². The molecule has 138 valence electrons. The van der Waals surface area contributed by atoms with E-state index in [-0.39, 0.29) is 15.2 Å². The molecule has 0 unspecified atom stereocenters. The smallest absolute Gasteiger partial charge is 0.155 e. The molecule has 7 atom stereocenters. The summed E-state index contributed by atoms with van der Waals surface area (Å²) < 4.78 is -0.321. The molecule has 0 amide bonds. The Morgan fingerprint density at radius 3 is 2.52 bits per heavy atom. The number of alkyl halides is 1. The van der Waals surface area contributed by atoms with Gasteiger partial charge in [0.2, 0.25) is 0 Å². The Kier molecular flexibility index (Phi) is 3.97. The van der Waals surface area contributed by atoms with Gasteiger partial charge < -0.3 is 0 Å². The van der Waals surface area contributed by atoms with Gasteiger partial charge in [-0.15, -0.1) is 0 Å². The monoisotopic (exact) mass is 406 g/mol. The van der Waals surface area contributed by atoms with Crippen molar-refractivity contribution in [2.75, 3.05) is 0 Å². The lowest BCUT2D eigenvalue weighted by Crippen LogP contribution is -2.55. The molecule has 0 bridgehead atoms. The molecule has 0 aromatic heterocycles. The highest BCUT2D eigenvalue weighted by atomic mass is 79.9. The lowest BCUT2D eigenvalue weighted by molar-refractivity contribution is -0.126. The maximum atomic E-state index is 12.5. The molecule has 0 saturated heterocycles. The van der Waals surface area contributed by atoms with E-state index in [4.69, 9.17) is 0 Å². The number of rotatable bonds is 1. The largest absolute Gasteiger partial charge is 0.298 e. The maximum absolute atomic E-state index is 12.5. The van der Waals surface area contributed by atoms with Gasteiger partial charge in [0.05, 0.1) is 4.32 Å². The fourth-order valence-electron chi connectivity index (χ4n) is 7.55. The molecule has 3 saturated carbocycles. The molecule has 4 aliphatic rings. The standard InChI is InChI=1S/C22H31BrO2/c1-13-11-16-17(20(3)8-5-15(25)12-19(13)20)6-9-21(4)18(16)7-10-22(21,23)14(2)24/h12-13,16-18H,5-11H2,1-4H3/t13-,16+,17-,18-,20+,21-,22-/m0/s1. The van der Waals surface area contributed by atoms with Crippen LogP contribution in [0.2, 0.25) is 0 Å². The average Bonchev–Trinajstić information content (AvgIpc) is 2.83. The molecule has 0 N–H and O–H groups in total. The van der Waals surface area contributed by atoms with Crippen LogP contribution in [-0.4, -0.2) is 15.9 Å². The summed E-state index contributed by atoms with van der Waals surface area (Å²) in [4.78, 5) is 24.5. The highest BCUT2D eigenvalue weighted by Crippen LogP contribution is 2.70. The molecule has 0 spiro atoms. The second kappa shape index (κ2) is 5.53. The number of fused-ring (bicyclic) bond motifs is 5. The zero-order chi connectivity index (χ0) is 18.2. The minimum Gasteiger partial charge on any atom is -0.298 e. The Hall–Kier alpha value is -0.440. The number of carbonyl (C=O) groups is 2. The predicted molar refractivity (Wildman–Crippen MR) is 104 cm³/mol. The number of allylic oxidation sites excluding steroid dienone is 1. The number of Topliss-reactive ketones (excluding diaryl/α,β-unsaturated/α-hetero) is 1. The molecule has 0 aromatic rings. The normalized spacial score (nSPS) is 52.0. The number of ketones is 2. The van der Waals surface area contributed by atoms with Crippen LogP contribution < -0.4 is 0 Å². The summed E-state index contributed by atoms with van der Waals surface area (Å²) in [6.45, 7) is 8.90. The Balaban J connectivity index is 1.73. The van der Waals surface area contributed by atoms with Crippen LogP contribution in [0.1, 0.15) is 72.6 Å². The topological polar surface area (TPSA) is 34.1 Å². The quantitative estimate of drug-likeness (QED) is 0.539. The van der Waals surface area contributed by atoms with E-state index in [2.05, 4.69) is 36.7 Å². The Morgan fingerprint density at radius 2 is 1.84 bits per heavy atom. The predicted octanol–water partition coefficient (Wildman–Crippen LogP) is 5.49. The van der Waals surface area contributed by atoms with E-state index in [0.29, 0.717) is 41.7 Å². The van der Waals surface area contributed by atoms with Gasteiger partial charge in [-0.1, -0.05) is 42.3 Å². The molecule has 4 rings (SSSR count). The number of hydrogen-bond acceptors (Lipinski definition) is 2. The van der Waals surface area contributed by atoms with Crippen LogP contribution in [0.25, 0.3) is 0 Å². The van der Waals surface area contributed by atoms with Gasteiger partial charge in [-0.25, -0.2) is 0 Å². The van der Waals surface area contributed by atoms with Crippen molar-refractivity contribution in [3.63, 3.8) is 0 Å². The van der Waals surface area contributed by atoms with Crippen molar-refractivity contribution in [3.05, 3.63) is 11.6 Å². The van der Waals surface area contributed by atoms with E-state index in [1.807, 2.05) is 6.08 Å². The van der Waals surface area contributed by atoms with Gasteiger partial charge in [0.1, 0.15) is 5.78 Å². The van der Waals surface area contributed by atoms with E-state index in [9.17, 15) is 9.59 Å². The lowest BCUT2D eigenvalue weighted by Gasteiger charge is -2.60. The van der Waals surface area contributed by atoms with Crippen molar-refractivity contribution in [3.8, 4) is 0 Å². The second-order valence-corrected chi connectivity index (χ2v) is 11.2. The van der Waals surface area contributed by atoms with Crippen LogP contribution in [0.5, 0.6) is 0 Å². The van der Waals surface area contributed by atoms with Crippen molar-refractivity contribution < 1.29 is 9.59 Å². The van der Waals surface area contributed by atoms with Gasteiger partial charge in [0, 0.05) is 6.42 Å². The molecular formula is C22H31BrO2. The van der Waals surface area contributed by atoms with E-state index in [0.717, 1.165) is 19.3 Å². The summed E-state index contributed by atoms with van der Waals surface area (Å²) in [5, 5.41) is 0. The van der Waals surface area contributed by atoms with E-state index in [1.165, 1.54) is 24.8 Å². The number of halogens is 1. The van der Waals surface area contributed by atoms with Crippen LogP contribution in [0.3, 0.4) is 0 Å². The SMILES string of the molecule is CC(=O)[C@@]1(Br)CC[C@H]2[C@@H]3C[C@H](C)C4=CC(=O)CC[C@]4(C)[C@H]3CC[C@@]21C. The Labute approximate surface area is 160 Å². The number of carbonyl (C=O) groups excluding carboxylic acids is 2. The van der Waals surface area contributed by atoms with Gasteiger partial charge in [-0.2, -0.15) is 0 Å². The Morgan fingerprint density at radius 1 is 1.16 bits per heavy atom. The van der Waals surface area contributed by atoms with Crippen molar-refractivity contribution in [2.24, 2.45) is 34.5 Å². The van der Waals surface area contributed by atoms with E-state index in [1.54, 1.807) is 6.92 Å². The minimum absolute atomic E-state index is 0.0851. The summed E-state index contributed by atoms with van der Waals surface area (Å²) in [5.41, 5.74) is 1.72. The summed E-state index contributed by atoms with van der Waals surface area (Å²) in [7, 11) is 0. The highest BCUT2D eigenvalue weighted by Gasteiger charge is 2.65. The average molecular weight is 407 g/mol. The molecule has 3 fully saturated rings. The number of hydrogen-bond donors (Lipinski definition) is 0. The third-order valence-corrected chi connectivity index (χ3v) is 10.8. The fourth-order valence-corrected chi connectivity index (χ4v) is 8.27. The lowest BCUT2D eigenvalue weighted by atomic mass is 9.45. The molecule has 2 nitrogen and oxygen atoms in total. The van der Waals surface area contributed by atoms with E-state index >= 15 is 0 Å². The van der Waals surface area contributed by atoms with Crippen LogP contribution in [0, 0.1) is 34.5 Å². The second-order valence-electron chi connectivity index (χ2n) is 9.85. The molecular weight excluding hydrogens is 376 g/mol. The third-order valence-electron chi connectivity index (χ3n) is 8.93. The fraction of sp³-hybridized carbons (Fsp3) is 0.818. The molecule has 0 aromatic carbocycles. The van der Waals surface area contributed by atoms with Gasteiger partial charge in [0.25, 0.3) is 0 Å². The summed E-state index contributed by atoms with van der Waals surface area (Å²) in [6, 6.07) is 0. The summed E-state index contributed by atoms with van der Waals surface area (Å²) in [5.74, 6) is 3.16. The van der Waals surface area contributed by atoms with Gasteiger partial charge in [-0.05, 0) is 86.0 Å². The third kappa shape index (κ3) is 2.20. The summed E-state index contributed by atoms with van der Waals surface area (Å²) >= 11 is 3.92. The highest BCUT2D eigenvalue weighted by molar-refractivity contribution is 9.10. The first-order valence-electron chi connectivity index (χ1n) is 10.1. The van der Waals surface area contributed by atoms with Crippen LogP contribution in [-0.2, 0) is 9.59 Å².